The number of hydrogen-bond acceptors (Lipinski definition) is 3. The van der Waals surface area contributed by atoms with Gasteiger partial charge in [0.2, 0.25) is 0 Å². The minimum Gasteiger partial charge on any atom is -0.394 e. The average Bonchev–Trinajstić information content (AvgIpc) is 2.06. The van der Waals surface area contributed by atoms with Crippen molar-refractivity contribution in [3.05, 3.63) is 24.3 Å². The molecule has 0 unspecified atom stereocenters. The van der Waals surface area contributed by atoms with E-state index in [1.807, 2.05) is 0 Å². The van der Waals surface area contributed by atoms with Gasteiger partial charge in [0, 0.05) is 5.54 Å². The van der Waals surface area contributed by atoms with Crippen molar-refractivity contribution >= 4 is 11.6 Å². The normalized spacial score (nSPS) is 9.55. The van der Waals surface area contributed by atoms with Crippen LogP contribution in [-0.4, -0.2) is 34.6 Å². The first kappa shape index (κ1) is 13.3. The smallest absolute Gasteiger partial charge is 0.100 e. The molecule has 0 radical (unpaired) electrons. The highest BCUT2D eigenvalue weighted by Crippen LogP contribution is 1.74. The molecule has 11 heavy (non-hydrogen) atoms. The minimum atomic E-state index is -0.954. The number of halogens is 1. The maximum atomic E-state index is 8.17. The maximum Gasteiger partial charge on any atom is 0.100 e. The van der Waals surface area contributed by atoms with E-state index < -0.39 is 6.10 Å². The molecular weight excluding hydrogens is 168 g/mol. The summed E-state index contributed by atoms with van der Waals surface area (Å²) in [5.74, 6) is 0. The molecule has 3 N–H and O–H groups in total. The SMILES string of the molecule is C=CC=CCl.OCC(O)CO. The average molecular weight is 181 g/mol. The van der Waals surface area contributed by atoms with E-state index in [0.717, 1.165) is 0 Å². The molecule has 0 fully saturated rings. The van der Waals surface area contributed by atoms with Crippen LogP contribution in [-0.2, 0) is 0 Å². The zero-order chi connectivity index (χ0) is 9.11. The molecule has 0 aliphatic carbocycles. The predicted molar refractivity (Wildman–Crippen MR) is 45.4 cm³/mol. The summed E-state index contributed by atoms with van der Waals surface area (Å²) in [7, 11) is 0. The van der Waals surface area contributed by atoms with E-state index in [1.54, 1.807) is 12.2 Å². The van der Waals surface area contributed by atoms with Gasteiger partial charge in [0.1, 0.15) is 6.10 Å². The Bertz CT molecular complexity index is 99.9. The van der Waals surface area contributed by atoms with Gasteiger partial charge in [0.25, 0.3) is 0 Å². The Kier molecular flexibility index (Phi) is 14.9. The van der Waals surface area contributed by atoms with Crippen molar-refractivity contribution in [1.82, 2.24) is 0 Å². The van der Waals surface area contributed by atoms with E-state index in [2.05, 4.69) is 6.58 Å². The van der Waals surface area contributed by atoms with E-state index in [-0.39, 0.29) is 13.2 Å². The Hall–Kier alpha value is -0.350. The van der Waals surface area contributed by atoms with Gasteiger partial charge in [-0.25, -0.2) is 0 Å². The first-order valence-corrected chi connectivity index (χ1v) is 3.44. The van der Waals surface area contributed by atoms with Gasteiger partial charge < -0.3 is 15.3 Å². The summed E-state index contributed by atoms with van der Waals surface area (Å²) in [6.45, 7) is 2.65. The molecule has 0 aromatic carbocycles. The lowest BCUT2D eigenvalue weighted by atomic mass is 10.4. The summed E-state index contributed by atoms with van der Waals surface area (Å²) in [5.41, 5.74) is 1.41. The summed E-state index contributed by atoms with van der Waals surface area (Å²) in [6.07, 6.45) is 2.32. The molecule has 0 amide bonds. The summed E-state index contributed by atoms with van der Waals surface area (Å²) in [4.78, 5) is 0. The van der Waals surface area contributed by atoms with Crippen LogP contribution in [0.3, 0.4) is 0 Å². The highest BCUT2D eigenvalue weighted by atomic mass is 35.5. The summed E-state index contributed by atoms with van der Waals surface area (Å²) < 4.78 is 0. The molecule has 0 spiro atoms. The van der Waals surface area contributed by atoms with Gasteiger partial charge in [-0.2, -0.15) is 0 Å². The lowest BCUT2D eigenvalue weighted by Gasteiger charge is -1.96. The van der Waals surface area contributed by atoms with Gasteiger partial charge in [-0.1, -0.05) is 30.3 Å². The van der Waals surface area contributed by atoms with Gasteiger partial charge in [0.05, 0.1) is 13.2 Å². The van der Waals surface area contributed by atoms with Crippen LogP contribution in [0.5, 0.6) is 0 Å². The Morgan fingerprint density at radius 2 is 1.82 bits per heavy atom. The van der Waals surface area contributed by atoms with E-state index in [0.29, 0.717) is 0 Å². The van der Waals surface area contributed by atoms with Crippen molar-refractivity contribution < 1.29 is 15.3 Å². The fourth-order valence-electron chi connectivity index (χ4n) is 0.109. The summed E-state index contributed by atoms with van der Waals surface area (Å²) >= 11 is 5.05. The third kappa shape index (κ3) is 17.7. The van der Waals surface area contributed by atoms with Gasteiger partial charge in [-0.05, 0) is 0 Å². The van der Waals surface area contributed by atoms with Crippen molar-refractivity contribution in [2.45, 2.75) is 6.10 Å². The lowest BCUT2D eigenvalue weighted by molar-refractivity contribution is 0.0450. The van der Waals surface area contributed by atoms with E-state index >= 15 is 0 Å². The van der Waals surface area contributed by atoms with Crippen LogP contribution in [0, 0.1) is 0 Å². The Morgan fingerprint density at radius 3 is 1.82 bits per heavy atom. The van der Waals surface area contributed by atoms with Crippen molar-refractivity contribution in [2.24, 2.45) is 0 Å². The minimum absolute atomic E-state index is 0.365. The second-order valence-corrected chi connectivity index (χ2v) is 1.83. The molecule has 3 nitrogen and oxygen atoms in total. The van der Waals surface area contributed by atoms with Crippen LogP contribution in [0.4, 0.5) is 0 Å². The summed E-state index contributed by atoms with van der Waals surface area (Å²) in [5, 5.41) is 24.0. The molecule has 0 aliphatic heterocycles. The number of hydrogen-bond donors (Lipinski definition) is 3. The van der Waals surface area contributed by atoms with Crippen molar-refractivity contribution in [2.75, 3.05) is 13.2 Å². The molecule has 0 atom stereocenters. The molecule has 0 aliphatic rings. The number of aliphatic hydroxyl groups is 3. The van der Waals surface area contributed by atoms with Crippen molar-refractivity contribution in [1.29, 1.82) is 0 Å². The van der Waals surface area contributed by atoms with Gasteiger partial charge >= 0.3 is 0 Å². The standard InChI is InChI=1S/C4H5Cl.C3H8O3/c1-2-3-4-5;4-1-3(6)2-5/h2-4H,1H2;3-6H,1-2H2. The van der Waals surface area contributed by atoms with Crippen LogP contribution in [0.2, 0.25) is 0 Å². The zero-order valence-electron chi connectivity index (χ0n) is 6.15. The highest BCUT2D eigenvalue weighted by molar-refractivity contribution is 6.25. The third-order valence-electron chi connectivity index (χ3n) is 0.630. The zero-order valence-corrected chi connectivity index (χ0v) is 6.91. The molecule has 0 bridgehead atoms. The molecule has 0 aromatic rings. The van der Waals surface area contributed by atoms with E-state index in [9.17, 15) is 0 Å². The Balaban J connectivity index is 0. The van der Waals surface area contributed by atoms with Crippen LogP contribution < -0.4 is 0 Å². The number of aliphatic hydroxyl groups excluding tert-OH is 3. The highest BCUT2D eigenvalue weighted by Gasteiger charge is 1.93. The molecule has 0 aromatic heterocycles. The molecule has 66 valence electrons. The topological polar surface area (TPSA) is 60.7 Å². The van der Waals surface area contributed by atoms with E-state index in [4.69, 9.17) is 26.9 Å². The first-order chi connectivity index (χ1) is 5.22. The van der Waals surface area contributed by atoms with Gasteiger partial charge in [-0.15, -0.1) is 0 Å². The molecule has 0 rings (SSSR count). The van der Waals surface area contributed by atoms with Gasteiger partial charge in [-0.3, -0.25) is 0 Å². The van der Waals surface area contributed by atoms with Crippen molar-refractivity contribution in [3.63, 3.8) is 0 Å². The quantitative estimate of drug-likeness (QED) is 0.546. The monoisotopic (exact) mass is 180 g/mol. The van der Waals surface area contributed by atoms with Crippen LogP contribution in [0.15, 0.2) is 24.3 Å². The fraction of sp³-hybridized carbons (Fsp3) is 0.429. The number of rotatable bonds is 3. The van der Waals surface area contributed by atoms with Gasteiger partial charge in [0.15, 0.2) is 0 Å². The third-order valence-corrected chi connectivity index (χ3v) is 0.776. The van der Waals surface area contributed by atoms with Crippen LogP contribution in [0.25, 0.3) is 0 Å². The maximum absolute atomic E-state index is 8.17. The van der Waals surface area contributed by atoms with Crippen LogP contribution in [0.1, 0.15) is 0 Å². The van der Waals surface area contributed by atoms with Crippen molar-refractivity contribution in [3.8, 4) is 0 Å². The molecule has 0 heterocycles. The largest absolute Gasteiger partial charge is 0.394 e. The predicted octanol–water partition coefficient (Wildman–Crippen LogP) is 0.257. The first-order valence-electron chi connectivity index (χ1n) is 3.00. The number of allylic oxidation sites excluding steroid dienone is 2. The molecule has 4 heteroatoms. The summed E-state index contributed by atoms with van der Waals surface area (Å²) in [6, 6.07) is 0. The Morgan fingerprint density at radius 1 is 1.36 bits per heavy atom. The molecular formula is C7H13ClO3. The van der Waals surface area contributed by atoms with E-state index in [1.165, 1.54) is 5.54 Å². The molecule has 0 saturated carbocycles. The molecule has 0 saturated heterocycles. The fourth-order valence-corrected chi connectivity index (χ4v) is 0.212. The second-order valence-electron chi connectivity index (χ2n) is 1.57. The Labute approximate surface area is 71.2 Å². The lowest BCUT2D eigenvalue weighted by Crippen LogP contribution is -2.15. The second kappa shape index (κ2) is 12.3. The van der Waals surface area contributed by atoms with Crippen LogP contribution >= 0.6 is 11.6 Å².